The predicted octanol–water partition coefficient (Wildman–Crippen LogP) is 3.56. The molecule has 1 aromatic heterocycles. The van der Waals surface area contributed by atoms with Gasteiger partial charge in [-0.05, 0) is 24.3 Å². The van der Waals surface area contributed by atoms with E-state index in [2.05, 4.69) is 11.2 Å². The van der Waals surface area contributed by atoms with Crippen molar-refractivity contribution in [3.63, 3.8) is 0 Å². The van der Waals surface area contributed by atoms with Gasteiger partial charge in [0.15, 0.2) is 0 Å². The molecule has 0 aliphatic heterocycles. The van der Waals surface area contributed by atoms with E-state index in [-0.39, 0.29) is 0 Å². The van der Waals surface area contributed by atoms with E-state index >= 15 is 0 Å². The summed E-state index contributed by atoms with van der Waals surface area (Å²) in [5, 5.41) is 14.7. The largest absolute Gasteiger partial charge is 0.478 e. The average Bonchev–Trinajstić information content (AvgIpc) is 2.82. The van der Waals surface area contributed by atoms with Crippen LogP contribution in [0.25, 0.3) is 10.9 Å². The number of para-hydroxylation sites is 1. The third kappa shape index (κ3) is 2.78. The SMILES string of the molecule is Cn1nc(CSc2cccc(C(=O)O)c2)c2ccccc21. The van der Waals surface area contributed by atoms with Gasteiger partial charge in [-0.25, -0.2) is 4.79 Å². The minimum atomic E-state index is -0.902. The lowest BCUT2D eigenvalue weighted by molar-refractivity contribution is 0.0696. The molecule has 0 saturated heterocycles. The summed E-state index contributed by atoms with van der Waals surface area (Å²) in [7, 11) is 1.93. The van der Waals surface area contributed by atoms with Gasteiger partial charge in [-0.3, -0.25) is 4.68 Å². The fraction of sp³-hybridized carbons (Fsp3) is 0.125. The number of nitrogens with zero attached hydrogens (tertiary/aromatic N) is 2. The fourth-order valence-electron chi connectivity index (χ4n) is 2.27. The first-order valence-corrected chi connectivity index (χ1v) is 7.50. The number of aryl methyl sites for hydroxylation is 1. The van der Waals surface area contributed by atoms with E-state index < -0.39 is 5.97 Å². The third-order valence-electron chi connectivity index (χ3n) is 3.29. The molecular formula is C16H14N2O2S. The van der Waals surface area contributed by atoms with Crippen molar-refractivity contribution in [2.45, 2.75) is 10.6 Å². The van der Waals surface area contributed by atoms with Crippen LogP contribution in [0.4, 0.5) is 0 Å². The molecule has 2 aromatic carbocycles. The van der Waals surface area contributed by atoms with E-state index in [9.17, 15) is 4.79 Å². The lowest BCUT2D eigenvalue weighted by atomic mass is 10.2. The third-order valence-corrected chi connectivity index (χ3v) is 4.30. The van der Waals surface area contributed by atoms with Crippen LogP contribution in [0, 0.1) is 0 Å². The smallest absolute Gasteiger partial charge is 0.335 e. The molecule has 106 valence electrons. The maximum Gasteiger partial charge on any atom is 0.335 e. The Morgan fingerprint density at radius 1 is 1.24 bits per heavy atom. The van der Waals surface area contributed by atoms with Gasteiger partial charge in [-0.1, -0.05) is 24.3 Å². The quantitative estimate of drug-likeness (QED) is 0.748. The van der Waals surface area contributed by atoms with Gasteiger partial charge in [0.05, 0.1) is 16.8 Å². The minimum Gasteiger partial charge on any atom is -0.478 e. The topological polar surface area (TPSA) is 55.1 Å². The van der Waals surface area contributed by atoms with Gasteiger partial charge < -0.3 is 5.11 Å². The molecule has 1 heterocycles. The highest BCUT2D eigenvalue weighted by Crippen LogP contribution is 2.27. The fourth-order valence-corrected chi connectivity index (χ4v) is 3.17. The Balaban J connectivity index is 1.84. The first-order chi connectivity index (χ1) is 10.1. The number of aromatic carboxylic acids is 1. The molecular weight excluding hydrogens is 284 g/mol. The van der Waals surface area contributed by atoms with Crippen LogP contribution in [0.15, 0.2) is 53.4 Å². The Morgan fingerprint density at radius 2 is 2.05 bits per heavy atom. The summed E-state index contributed by atoms with van der Waals surface area (Å²) < 4.78 is 1.87. The molecule has 3 rings (SSSR count). The zero-order chi connectivity index (χ0) is 14.8. The Bertz CT molecular complexity index is 811. The Labute approximate surface area is 126 Å². The van der Waals surface area contributed by atoms with Crippen LogP contribution < -0.4 is 0 Å². The molecule has 4 nitrogen and oxygen atoms in total. The number of aromatic nitrogens is 2. The summed E-state index contributed by atoms with van der Waals surface area (Å²) in [6.07, 6.45) is 0. The molecule has 0 bridgehead atoms. The van der Waals surface area contributed by atoms with Crippen molar-refractivity contribution in [2.75, 3.05) is 0 Å². The van der Waals surface area contributed by atoms with Crippen molar-refractivity contribution in [1.82, 2.24) is 9.78 Å². The van der Waals surface area contributed by atoms with Gasteiger partial charge in [-0.15, -0.1) is 11.8 Å². The number of benzene rings is 2. The average molecular weight is 298 g/mol. The van der Waals surface area contributed by atoms with Crippen LogP contribution in [0.2, 0.25) is 0 Å². The summed E-state index contributed by atoms with van der Waals surface area (Å²) in [5.41, 5.74) is 2.43. The molecule has 5 heteroatoms. The molecule has 0 atom stereocenters. The summed E-state index contributed by atoms with van der Waals surface area (Å²) in [4.78, 5) is 11.9. The van der Waals surface area contributed by atoms with E-state index in [4.69, 9.17) is 5.11 Å². The van der Waals surface area contributed by atoms with Crippen molar-refractivity contribution in [1.29, 1.82) is 0 Å². The second-order valence-corrected chi connectivity index (χ2v) is 5.76. The number of carbonyl (C=O) groups is 1. The first-order valence-electron chi connectivity index (χ1n) is 6.52. The summed E-state index contributed by atoms with van der Waals surface area (Å²) in [6.45, 7) is 0. The number of carboxylic acid groups (broad SMARTS) is 1. The second kappa shape index (κ2) is 5.61. The number of thioether (sulfide) groups is 1. The number of rotatable bonds is 4. The van der Waals surface area contributed by atoms with Crippen LogP contribution in [-0.2, 0) is 12.8 Å². The highest BCUT2D eigenvalue weighted by atomic mass is 32.2. The summed E-state index contributed by atoms with van der Waals surface area (Å²) >= 11 is 1.59. The zero-order valence-corrected chi connectivity index (χ0v) is 12.3. The zero-order valence-electron chi connectivity index (χ0n) is 11.5. The molecule has 0 amide bonds. The molecule has 1 N–H and O–H groups in total. The van der Waals surface area contributed by atoms with Crippen LogP contribution in [0.3, 0.4) is 0 Å². The van der Waals surface area contributed by atoms with Crippen LogP contribution in [0.5, 0.6) is 0 Å². The van der Waals surface area contributed by atoms with Crippen LogP contribution in [0.1, 0.15) is 16.1 Å². The molecule has 0 saturated carbocycles. The lowest BCUT2D eigenvalue weighted by Gasteiger charge is -2.01. The first kappa shape index (κ1) is 13.7. The maximum absolute atomic E-state index is 11.0. The van der Waals surface area contributed by atoms with Crippen molar-refractivity contribution in [2.24, 2.45) is 7.05 Å². The highest BCUT2D eigenvalue weighted by Gasteiger charge is 2.09. The number of hydrogen-bond donors (Lipinski definition) is 1. The van der Waals surface area contributed by atoms with Crippen LogP contribution in [-0.4, -0.2) is 20.9 Å². The summed E-state index contributed by atoms with van der Waals surface area (Å²) in [5.74, 6) is -0.189. The van der Waals surface area contributed by atoms with E-state index in [1.165, 1.54) is 0 Å². The van der Waals surface area contributed by atoms with Gasteiger partial charge in [-0.2, -0.15) is 5.10 Å². The Hall–Kier alpha value is -2.27. The molecule has 3 aromatic rings. The minimum absolute atomic E-state index is 0.311. The maximum atomic E-state index is 11.0. The number of hydrogen-bond acceptors (Lipinski definition) is 3. The summed E-state index contributed by atoms with van der Waals surface area (Å²) in [6, 6.07) is 15.1. The molecule has 0 unspecified atom stereocenters. The van der Waals surface area contributed by atoms with E-state index in [1.807, 2.05) is 36.0 Å². The van der Waals surface area contributed by atoms with Gasteiger partial charge in [0, 0.05) is 23.1 Å². The second-order valence-electron chi connectivity index (χ2n) is 4.71. The number of fused-ring (bicyclic) bond motifs is 1. The molecule has 0 aliphatic carbocycles. The monoisotopic (exact) mass is 298 g/mol. The van der Waals surface area contributed by atoms with Gasteiger partial charge in [0.25, 0.3) is 0 Å². The van der Waals surface area contributed by atoms with Crippen molar-refractivity contribution in [3.05, 3.63) is 59.8 Å². The number of carboxylic acids is 1. The van der Waals surface area contributed by atoms with Crippen molar-refractivity contribution >= 4 is 28.6 Å². The molecule has 0 aliphatic rings. The molecule has 0 radical (unpaired) electrons. The van der Waals surface area contributed by atoms with E-state index in [1.54, 1.807) is 30.0 Å². The Kier molecular flexibility index (Phi) is 3.66. The van der Waals surface area contributed by atoms with E-state index in [0.717, 1.165) is 21.5 Å². The standard InChI is InChI=1S/C16H14N2O2S/c1-18-15-8-3-2-7-13(15)14(17-18)10-21-12-6-4-5-11(9-12)16(19)20/h2-9H,10H2,1H3,(H,19,20). The van der Waals surface area contributed by atoms with Gasteiger partial charge >= 0.3 is 5.97 Å². The van der Waals surface area contributed by atoms with E-state index in [0.29, 0.717) is 11.3 Å². The molecule has 0 spiro atoms. The Morgan fingerprint density at radius 3 is 2.86 bits per heavy atom. The van der Waals surface area contributed by atoms with Gasteiger partial charge in [0.1, 0.15) is 0 Å². The normalized spacial score (nSPS) is 10.9. The molecule has 21 heavy (non-hydrogen) atoms. The lowest BCUT2D eigenvalue weighted by Crippen LogP contribution is -1.95. The van der Waals surface area contributed by atoms with Gasteiger partial charge in [0.2, 0.25) is 0 Å². The highest BCUT2D eigenvalue weighted by molar-refractivity contribution is 7.98. The van der Waals surface area contributed by atoms with Crippen molar-refractivity contribution < 1.29 is 9.90 Å². The predicted molar refractivity (Wildman–Crippen MR) is 83.7 cm³/mol. The van der Waals surface area contributed by atoms with Crippen molar-refractivity contribution in [3.8, 4) is 0 Å². The molecule has 0 fully saturated rings. The van der Waals surface area contributed by atoms with Crippen LogP contribution >= 0.6 is 11.8 Å².